The molecule has 118 valence electrons. The van der Waals surface area contributed by atoms with Gasteiger partial charge in [0, 0.05) is 16.9 Å². The first-order valence-electron chi connectivity index (χ1n) is 6.44. The molecule has 5 nitrogen and oxygen atoms in total. The zero-order valence-corrected chi connectivity index (χ0v) is 13.4. The molecule has 1 aromatic carbocycles. The predicted octanol–water partition coefficient (Wildman–Crippen LogP) is 1.42. The van der Waals surface area contributed by atoms with Gasteiger partial charge in [-0.05, 0) is 26.8 Å². The second kappa shape index (κ2) is 7.22. The number of rotatable bonds is 5. The average molecular weight is 316 g/mol. The van der Waals surface area contributed by atoms with E-state index in [0.29, 0.717) is 0 Å². The fourth-order valence-corrected chi connectivity index (χ4v) is 2.48. The number of nitrogens with two attached hydrogens (primary N) is 1. The maximum atomic E-state index is 14.0. The Morgan fingerprint density at radius 1 is 1.43 bits per heavy atom. The van der Waals surface area contributed by atoms with Crippen molar-refractivity contribution in [1.29, 1.82) is 0 Å². The molecule has 21 heavy (non-hydrogen) atoms. The summed E-state index contributed by atoms with van der Waals surface area (Å²) < 4.78 is 33.0. The van der Waals surface area contributed by atoms with Crippen LogP contribution < -0.4 is 10.5 Å². The van der Waals surface area contributed by atoms with Crippen LogP contribution in [0, 0.1) is 5.82 Å². The van der Waals surface area contributed by atoms with E-state index in [2.05, 4.69) is 9.46 Å². The highest BCUT2D eigenvalue weighted by molar-refractivity contribution is 7.90. The molecule has 0 unspecified atom stereocenters. The van der Waals surface area contributed by atoms with E-state index < -0.39 is 40.0 Å². The Morgan fingerprint density at radius 3 is 2.48 bits per heavy atom. The van der Waals surface area contributed by atoms with E-state index in [-0.39, 0.29) is 5.56 Å². The Balaban J connectivity index is 3.12. The van der Waals surface area contributed by atoms with E-state index in [1.165, 1.54) is 25.3 Å². The second-order valence-corrected chi connectivity index (χ2v) is 7.54. The Labute approximate surface area is 127 Å². The summed E-state index contributed by atoms with van der Waals surface area (Å²) in [4.78, 5) is 11.7. The van der Waals surface area contributed by atoms with Gasteiger partial charge >= 0.3 is 5.97 Å². The van der Waals surface area contributed by atoms with Gasteiger partial charge in [-0.1, -0.05) is 18.2 Å². The summed E-state index contributed by atoms with van der Waals surface area (Å²) in [5, 5.41) is 0. The summed E-state index contributed by atoms with van der Waals surface area (Å²) in [6.45, 7) is 5.29. The third-order valence-corrected chi connectivity index (χ3v) is 4.44. The number of hydrogen-bond donors (Lipinski definition) is 2. The standard InChI is InChI=1S/C14H21FN2O3S/c1-14(2,3)21(19)17-12(11(16)13(18)20-4)9-7-5-6-8-10(9)15/h5-8,11-12,17H,16H2,1-4H3/t11-,12+,21-/m0/s1. The predicted molar refractivity (Wildman–Crippen MR) is 80.2 cm³/mol. The van der Waals surface area contributed by atoms with Crippen LogP contribution in [0.4, 0.5) is 4.39 Å². The van der Waals surface area contributed by atoms with E-state index in [9.17, 15) is 13.7 Å². The minimum Gasteiger partial charge on any atom is -0.598 e. The van der Waals surface area contributed by atoms with Gasteiger partial charge in [-0.3, -0.25) is 4.79 Å². The number of methoxy groups -OCH3 is 1. The number of hydrogen-bond acceptors (Lipinski definition) is 5. The van der Waals surface area contributed by atoms with Crippen LogP contribution in [-0.2, 0) is 20.9 Å². The molecular weight excluding hydrogens is 295 g/mol. The molecule has 7 heteroatoms. The van der Waals surface area contributed by atoms with Crippen LogP contribution in [0.25, 0.3) is 0 Å². The first-order chi connectivity index (χ1) is 9.68. The molecule has 0 saturated heterocycles. The molecule has 0 aromatic heterocycles. The van der Waals surface area contributed by atoms with Crippen LogP contribution in [0.3, 0.4) is 0 Å². The lowest BCUT2D eigenvalue weighted by molar-refractivity contribution is -0.142. The molecule has 0 bridgehead atoms. The summed E-state index contributed by atoms with van der Waals surface area (Å²) in [6, 6.07) is 3.79. The Bertz CT molecular complexity index is 493. The van der Waals surface area contributed by atoms with Crippen molar-refractivity contribution in [1.82, 2.24) is 4.72 Å². The topological polar surface area (TPSA) is 87.4 Å². The molecule has 0 aliphatic heterocycles. The molecule has 0 saturated carbocycles. The maximum absolute atomic E-state index is 14.0. The Kier molecular flexibility index (Phi) is 6.15. The maximum Gasteiger partial charge on any atom is 0.324 e. The normalized spacial score (nSPS) is 16.1. The molecule has 0 heterocycles. The summed E-state index contributed by atoms with van der Waals surface area (Å²) in [6.07, 6.45) is 0. The van der Waals surface area contributed by atoms with Crippen molar-refractivity contribution in [2.45, 2.75) is 37.6 Å². The van der Waals surface area contributed by atoms with Gasteiger partial charge in [0.2, 0.25) is 0 Å². The fraction of sp³-hybridized carbons (Fsp3) is 0.500. The Hall–Kier alpha value is -1.15. The van der Waals surface area contributed by atoms with Crippen LogP contribution in [0.5, 0.6) is 0 Å². The molecule has 0 spiro atoms. The van der Waals surface area contributed by atoms with Crippen molar-refractivity contribution < 1.29 is 18.5 Å². The minimum absolute atomic E-state index is 0.174. The molecule has 3 atom stereocenters. The number of halogens is 1. The van der Waals surface area contributed by atoms with Gasteiger partial charge in [-0.25, -0.2) is 4.39 Å². The fourth-order valence-electron chi connectivity index (χ4n) is 1.62. The van der Waals surface area contributed by atoms with Gasteiger partial charge in [-0.15, -0.1) is 4.72 Å². The summed E-state index contributed by atoms with van der Waals surface area (Å²) >= 11 is -1.52. The number of esters is 1. The highest BCUT2D eigenvalue weighted by Crippen LogP contribution is 2.24. The highest BCUT2D eigenvalue weighted by atomic mass is 32.2. The molecule has 0 amide bonds. The van der Waals surface area contributed by atoms with Crippen LogP contribution in [0.15, 0.2) is 24.3 Å². The first-order valence-corrected chi connectivity index (χ1v) is 7.59. The van der Waals surface area contributed by atoms with E-state index >= 15 is 0 Å². The van der Waals surface area contributed by atoms with Gasteiger partial charge in [0.05, 0.1) is 7.11 Å². The van der Waals surface area contributed by atoms with Crippen molar-refractivity contribution in [2.24, 2.45) is 5.73 Å². The number of carbonyl (C=O) groups excluding carboxylic acids is 1. The van der Waals surface area contributed by atoms with E-state index in [1.54, 1.807) is 26.8 Å². The van der Waals surface area contributed by atoms with Crippen LogP contribution in [-0.4, -0.2) is 28.4 Å². The molecule has 0 aliphatic carbocycles. The van der Waals surface area contributed by atoms with Gasteiger partial charge in [-0.2, -0.15) is 0 Å². The second-order valence-electron chi connectivity index (χ2n) is 5.55. The summed E-state index contributed by atoms with van der Waals surface area (Å²) in [5.41, 5.74) is 6.00. The average Bonchev–Trinajstić information content (AvgIpc) is 2.42. The van der Waals surface area contributed by atoms with Crippen molar-refractivity contribution in [2.75, 3.05) is 7.11 Å². The van der Waals surface area contributed by atoms with Crippen LogP contribution in [0.1, 0.15) is 32.4 Å². The number of carbonyl (C=O) groups is 1. The minimum atomic E-state index is -1.52. The van der Waals surface area contributed by atoms with E-state index in [0.717, 1.165) is 0 Å². The van der Waals surface area contributed by atoms with Gasteiger partial charge in [0.1, 0.15) is 22.6 Å². The van der Waals surface area contributed by atoms with E-state index in [1.807, 2.05) is 0 Å². The zero-order chi connectivity index (χ0) is 16.2. The summed E-state index contributed by atoms with van der Waals surface area (Å²) in [7, 11) is 1.20. The third kappa shape index (κ3) is 4.67. The largest absolute Gasteiger partial charge is 0.598 e. The van der Waals surface area contributed by atoms with Gasteiger partial charge < -0.3 is 15.0 Å². The molecule has 0 radical (unpaired) electrons. The molecular formula is C14H21FN2O3S. The number of ether oxygens (including phenoxy) is 1. The molecule has 0 fully saturated rings. The lowest BCUT2D eigenvalue weighted by atomic mass is 10.0. The molecule has 1 aromatic rings. The zero-order valence-electron chi connectivity index (χ0n) is 12.6. The SMILES string of the molecule is COC(=O)[C@@H](N)[C@H](N[S@@+]([O-])C(C)(C)C)c1ccccc1F. The third-order valence-electron chi connectivity index (χ3n) is 2.86. The van der Waals surface area contributed by atoms with E-state index in [4.69, 9.17) is 5.73 Å². The van der Waals surface area contributed by atoms with Crippen LogP contribution >= 0.6 is 0 Å². The monoisotopic (exact) mass is 316 g/mol. The van der Waals surface area contributed by atoms with Crippen molar-refractivity contribution in [3.05, 3.63) is 35.6 Å². The lowest BCUT2D eigenvalue weighted by Crippen LogP contribution is -2.50. The lowest BCUT2D eigenvalue weighted by Gasteiger charge is -2.30. The molecule has 0 aliphatic rings. The Morgan fingerprint density at radius 2 is 2.00 bits per heavy atom. The van der Waals surface area contributed by atoms with Crippen LogP contribution in [0.2, 0.25) is 0 Å². The van der Waals surface area contributed by atoms with Crippen molar-refractivity contribution in [3.8, 4) is 0 Å². The smallest absolute Gasteiger partial charge is 0.324 e. The summed E-state index contributed by atoms with van der Waals surface area (Å²) in [5.74, 6) is -1.23. The molecule has 3 N–H and O–H groups in total. The highest BCUT2D eigenvalue weighted by Gasteiger charge is 2.36. The van der Waals surface area contributed by atoms with Crippen molar-refractivity contribution >= 4 is 17.3 Å². The number of nitrogens with one attached hydrogen (secondary N) is 1. The van der Waals surface area contributed by atoms with Crippen molar-refractivity contribution in [3.63, 3.8) is 0 Å². The number of benzene rings is 1. The quantitative estimate of drug-likeness (QED) is 0.633. The molecule has 1 rings (SSSR count). The first kappa shape index (κ1) is 17.9. The van der Waals surface area contributed by atoms with Gasteiger partial charge in [0.25, 0.3) is 0 Å². The van der Waals surface area contributed by atoms with Gasteiger partial charge in [0.15, 0.2) is 0 Å².